The van der Waals surface area contributed by atoms with Crippen LogP contribution in [0.1, 0.15) is 284 Å². The molecular weight excluding hydrogens is 1010 g/mol. The van der Waals surface area contributed by atoms with Crippen molar-refractivity contribution in [3.63, 3.8) is 0 Å². The third kappa shape index (κ3) is 63.6. The number of allylic oxidation sites excluding steroid dienone is 16. The van der Waals surface area contributed by atoms with E-state index in [0.717, 1.165) is 96.3 Å². The van der Waals surface area contributed by atoms with E-state index in [1.54, 1.807) is 0 Å². The van der Waals surface area contributed by atoms with E-state index in [1.807, 2.05) is 21.1 Å². The van der Waals surface area contributed by atoms with Crippen molar-refractivity contribution in [1.82, 2.24) is 0 Å². The largest absolute Gasteiger partial charge is 0.477 e. The van der Waals surface area contributed by atoms with Gasteiger partial charge >= 0.3 is 17.9 Å². The van der Waals surface area contributed by atoms with Crippen LogP contribution in [0.4, 0.5) is 0 Å². The minimum absolute atomic E-state index is 0.185. The van der Waals surface area contributed by atoms with Crippen molar-refractivity contribution in [3.05, 3.63) is 97.2 Å². The first kappa shape index (κ1) is 77.2. The molecule has 0 bridgehead atoms. The van der Waals surface area contributed by atoms with Crippen LogP contribution in [0.2, 0.25) is 0 Å². The van der Waals surface area contributed by atoms with Gasteiger partial charge in [0, 0.05) is 12.8 Å². The maximum absolute atomic E-state index is 12.9. The summed E-state index contributed by atoms with van der Waals surface area (Å²) in [6.45, 7) is 4.67. The van der Waals surface area contributed by atoms with E-state index >= 15 is 0 Å². The summed E-state index contributed by atoms with van der Waals surface area (Å²) in [5.41, 5.74) is 0. The van der Waals surface area contributed by atoms with Gasteiger partial charge in [-0.15, -0.1) is 0 Å². The Morgan fingerprint density at radius 3 is 0.988 bits per heavy atom. The number of unbranched alkanes of at least 4 members (excludes halogenated alkanes) is 30. The van der Waals surface area contributed by atoms with E-state index in [-0.39, 0.29) is 32.2 Å². The fourth-order valence-corrected chi connectivity index (χ4v) is 9.29. The molecule has 0 aromatic heterocycles. The van der Waals surface area contributed by atoms with Gasteiger partial charge in [-0.1, -0.05) is 278 Å². The number of esters is 2. The molecule has 0 aliphatic heterocycles. The highest BCUT2D eigenvalue weighted by Gasteiger charge is 2.25. The highest BCUT2D eigenvalue weighted by molar-refractivity contribution is 5.71. The van der Waals surface area contributed by atoms with Gasteiger partial charge in [0.1, 0.15) is 13.2 Å². The number of carboxylic acids is 1. The average molecular weight is 1130 g/mol. The Morgan fingerprint density at radius 2 is 0.667 bits per heavy atom. The van der Waals surface area contributed by atoms with Crippen LogP contribution < -0.4 is 0 Å². The van der Waals surface area contributed by atoms with Crippen LogP contribution in [0.15, 0.2) is 97.2 Å². The molecule has 0 saturated carbocycles. The first-order valence-corrected chi connectivity index (χ1v) is 33.4. The van der Waals surface area contributed by atoms with E-state index in [9.17, 15) is 19.5 Å². The Labute approximate surface area is 499 Å². The SMILES string of the molecule is CC/C=C\C/C=C\C/C=C\C/C=C\CCCCCCCCCCCCCCCCCCCCCCC(=O)OC(COC(=O)CCCCCCCCCCCC/C=C\C/C=C\C/C=C\C/C=C\CC)COC(OCC[N+](C)(C)C)C(=O)O. The Hall–Kier alpha value is -3.79. The van der Waals surface area contributed by atoms with Crippen molar-refractivity contribution in [2.24, 2.45) is 0 Å². The van der Waals surface area contributed by atoms with Gasteiger partial charge in [0.05, 0.1) is 34.4 Å². The lowest BCUT2D eigenvalue weighted by Crippen LogP contribution is -2.40. The van der Waals surface area contributed by atoms with E-state index in [2.05, 4.69) is 111 Å². The minimum Gasteiger partial charge on any atom is -0.477 e. The Kier molecular flexibility index (Phi) is 59.3. The van der Waals surface area contributed by atoms with Gasteiger partial charge in [-0.05, 0) is 89.9 Å². The van der Waals surface area contributed by atoms with E-state index < -0.39 is 24.3 Å². The van der Waals surface area contributed by atoms with Gasteiger partial charge in [0.15, 0.2) is 6.10 Å². The molecule has 2 atom stereocenters. The number of carbonyl (C=O) groups excluding carboxylic acids is 2. The number of hydrogen-bond donors (Lipinski definition) is 1. The number of likely N-dealkylation sites (N-methyl/N-ethyl adjacent to an activating group) is 1. The van der Waals surface area contributed by atoms with E-state index in [0.29, 0.717) is 17.4 Å². The summed E-state index contributed by atoms with van der Waals surface area (Å²) in [5.74, 6) is -2.00. The summed E-state index contributed by atoms with van der Waals surface area (Å²) in [4.78, 5) is 37.6. The standard InChI is InChI=1S/C72H125NO8/c1-6-8-10-12-14-16-18-20-22-24-26-28-30-31-32-33-34-35-36-37-38-39-41-43-45-47-49-51-53-55-57-59-61-63-70(75)81-68(67-80-72(71(76)77)78-65-64-73(3,4)5)66-79-69(74)62-60-58-56-54-52-50-48-46-44-42-40-29-27-25-23-21-19-17-15-13-11-9-7-2/h8-11,14-17,20-23,26-29,68,72H,6-7,12-13,18-19,24-25,30-67H2,1-5H3/p+1/b10-8-,11-9-,16-14-,17-15-,22-20-,23-21-,28-26-,29-27-. The smallest absolute Gasteiger partial charge is 0.361 e. The molecule has 0 rings (SSSR count). The third-order valence-corrected chi connectivity index (χ3v) is 14.3. The number of quaternary nitrogens is 1. The fraction of sp³-hybridized carbons (Fsp3) is 0.736. The highest BCUT2D eigenvalue weighted by Crippen LogP contribution is 2.17. The van der Waals surface area contributed by atoms with Gasteiger partial charge < -0.3 is 28.5 Å². The van der Waals surface area contributed by atoms with Crippen LogP contribution in [0.25, 0.3) is 0 Å². The number of rotatable bonds is 61. The van der Waals surface area contributed by atoms with Crippen molar-refractivity contribution in [2.45, 2.75) is 296 Å². The average Bonchev–Trinajstić information content (AvgIpc) is 3.44. The van der Waals surface area contributed by atoms with E-state index in [4.69, 9.17) is 18.9 Å². The minimum atomic E-state index is -1.51. The lowest BCUT2D eigenvalue weighted by molar-refractivity contribution is -0.870. The predicted molar refractivity (Wildman–Crippen MR) is 345 cm³/mol. The van der Waals surface area contributed by atoms with Gasteiger partial charge in [-0.3, -0.25) is 9.59 Å². The molecule has 0 aliphatic carbocycles. The fourth-order valence-electron chi connectivity index (χ4n) is 9.29. The first-order valence-electron chi connectivity index (χ1n) is 33.4. The van der Waals surface area contributed by atoms with Crippen LogP contribution in [0.3, 0.4) is 0 Å². The molecule has 466 valence electrons. The number of aliphatic carboxylic acids is 1. The molecule has 0 heterocycles. The summed E-state index contributed by atoms with van der Waals surface area (Å²) < 4.78 is 23.0. The normalized spacial score (nSPS) is 13.3. The van der Waals surface area contributed by atoms with Crippen LogP contribution >= 0.6 is 0 Å². The van der Waals surface area contributed by atoms with Crippen molar-refractivity contribution >= 4 is 17.9 Å². The van der Waals surface area contributed by atoms with Crippen LogP contribution in [0, 0.1) is 0 Å². The lowest BCUT2D eigenvalue weighted by Gasteiger charge is -2.25. The summed E-state index contributed by atoms with van der Waals surface area (Å²) >= 11 is 0. The molecule has 9 nitrogen and oxygen atoms in total. The van der Waals surface area contributed by atoms with Crippen molar-refractivity contribution in [3.8, 4) is 0 Å². The summed E-state index contributed by atoms with van der Waals surface area (Å²) in [6, 6.07) is 0. The highest BCUT2D eigenvalue weighted by atomic mass is 16.7. The van der Waals surface area contributed by atoms with Crippen molar-refractivity contribution < 1.29 is 42.9 Å². The predicted octanol–water partition coefficient (Wildman–Crippen LogP) is 20.5. The molecule has 0 aliphatic rings. The van der Waals surface area contributed by atoms with E-state index in [1.165, 1.54) is 161 Å². The maximum Gasteiger partial charge on any atom is 0.361 e. The molecular formula is C72H126NO8+. The van der Waals surface area contributed by atoms with Crippen LogP contribution in [0.5, 0.6) is 0 Å². The Bertz CT molecular complexity index is 1650. The second-order valence-corrected chi connectivity index (χ2v) is 23.4. The zero-order chi connectivity index (χ0) is 59.1. The topological polar surface area (TPSA) is 108 Å². The monoisotopic (exact) mass is 1130 g/mol. The molecule has 81 heavy (non-hydrogen) atoms. The molecule has 9 heteroatoms. The number of hydrogen-bond acceptors (Lipinski definition) is 7. The number of carbonyl (C=O) groups is 3. The second-order valence-electron chi connectivity index (χ2n) is 23.4. The quantitative estimate of drug-likeness (QED) is 0.0211. The third-order valence-electron chi connectivity index (χ3n) is 14.3. The molecule has 0 saturated heterocycles. The molecule has 0 amide bonds. The molecule has 0 radical (unpaired) electrons. The Morgan fingerprint density at radius 1 is 0.370 bits per heavy atom. The molecule has 1 N–H and O–H groups in total. The zero-order valence-corrected chi connectivity index (χ0v) is 53.2. The molecule has 0 aromatic carbocycles. The molecule has 0 fully saturated rings. The molecule has 0 spiro atoms. The number of nitrogens with zero attached hydrogens (tertiary/aromatic N) is 1. The first-order chi connectivity index (χ1) is 39.6. The van der Waals surface area contributed by atoms with Gasteiger partial charge in [-0.25, -0.2) is 4.79 Å². The van der Waals surface area contributed by atoms with Gasteiger partial charge in [0.2, 0.25) is 0 Å². The Balaban J connectivity index is 4.11. The second kappa shape index (κ2) is 62.3. The number of carboxylic acid groups (broad SMARTS) is 1. The summed E-state index contributed by atoms with van der Waals surface area (Å²) in [5, 5.41) is 9.74. The van der Waals surface area contributed by atoms with Gasteiger partial charge in [-0.2, -0.15) is 0 Å². The van der Waals surface area contributed by atoms with Crippen LogP contribution in [-0.2, 0) is 33.3 Å². The van der Waals surface area contributed by atoms with Crippen molar-refractivity contribution in [2.75, 3.05) is 47.5 Å². The maximum atomic E-state index is 12.9. The lowest BCUT2D eigenvalue weighted by atomic mass is 10.0. The number of ether oxygens (including phenoxy) is 4. The molecule has 0 aromatic rings. The van der Waals surface area contributed by atoms with Crippen molar-refractivity contribution in [1.29, 1.82) is 0 Å². The zero-order valence-electron chi connectivity index (χ0n) is 53.2. The summed E-state index contributed by atoms with van der Waals surface area (Å²) in [7, 11) is 5.98. The molecule has 2 unspecified atom stereocenters. The summed E-state index contributed by atoms with van der Waals surface area (Å²) in [6.07, 6.45) is 82.2. The van der Waals surface area contributed by atoms with Gasteiger partial charge in [0.25, 0.3) is 6.29 Å². The van der Waals surface area contributed by atoms with Crippen LogP contribution in [-0.4, -0.2) is 87.4 Å².